The van der Waals surface area contributed by atoms with Gasteiger partial charge in [0.05, 0.1) is 6.54 Å². The minimum atomic E-state index is -5.08. The molecule has 0 aliphatic carbocycles. The zero-order chi connectivity index (χ0) is 28.2. The molecule has 2 aliphatic rings. The van der Waals surface area contributed by atoms with Crippen LogP contribution in [0.5, 0.6) is 0 Å². The molecule has 2 atom stereocenters. The minimum absolute atomic E-state index is 0.0436. The zero-order valence-corrected chi connectivity index (χ0v) is 21.4. The van der Waals surface area contributed by atoms with Crippen molar-refractivity contribution in [3.8, 4) is 0 Å². The number of aryl methyl sites for hydroxylation is 1. The lowest BCUT2D eigenvalue weighted by molar-refractivity contribution is -0.192. The second-order valence-corrected chi connectivity index (χ2v) is 10.3. The molecule has 21 heteroatoms. The summed E-state index contributed by atoms with van der Waals surface area (Å²) in [6.45, 7) is -0.0837. The van der Waals surface area contributed by atoms with Gasteiger partial charge in [-0.2, -0.15) is 13.2 Å². The fourth-order valence-corrected chi connectivity index (χ4v) is 5.91. The summed E-state index contributed by atoms with van der Waals surface area (Å²) in [5, 5.41) is 35.6. The number of thioether (sulfide) groups is 2. The van der Waals surface area contributed by atoms with Crippen LogP contribution in [0.4, 0.5) is 24.1 Å². The van der Waals surface area contributed by atoms with E-state index in [1.54, 1.807) is 12.4 Å². The number of rotatable bonds is 8. The SMILES string of the molecule is Cn1nnnc1SCC1=C(C(=O)O)N2C(=O)[C@@H](NC(=O)CNc3csc(N)n3)[C@H]2SC1.O=C(O)C(F)(F)F. The first-order valence-electron chi connectivity index (χ1n) is 10.1. The highest BCUT2D eigenvalue weighted by atomic mass is 32.2. The van der Waals surface area contributed by atoms with Crippen molar-refractivity contribution >= 4 is 69.6 Å². The molecule has 2 aromatic heterocycles. The van der Waals surface area contributed by atoms with E-state index in [-0.39, 0.29) is 12.2 Å². The molecule has 2 amide bonds. The Labute approximate surface area is 223 Å². The number of aliphatic carboxylic acids is 2. The zero-order valence-electron chi connectivity index (χ0n) is 19.0. The van der Waals surface area contributed by atoms with E-state index in [1.807, 2.05) is 0 Å². The summed E-state index contributed by atoms with van der Waals surface area (Å²) >= 11 is 3.94. The third kappa shape index (κ3) is 6.83. The van der Waals surface area contributed by atoms with Gasteiger partial charge in [0.2, 0.25) is 11.1 Å². The van der Waals surface area contributed by atoms with Crippen LogP contribution in [-0.4, -0.2) is 99.7 Å². The van der Waals surface area contributed by atoms with Gasteiger partial charge in [0.15, 0.2) is 5.13 Å². The number of carbonyl (C=O) groups excluding carboxylic acids is 2. The Bertz CT molecular complexity index is 1270. The number of aromatic nitrogens is 5. The summed E-state index contributed by atoms with van der Waals surface area (Å²) in [6, 6.07) is -0.786. The molecule has 0 aromatic carbocycles. The molecule has 1 fully saturated rings. The molecular formula is C17H18F3N9O6S3. The fourth-order valence-electron chi connectivity index (χ4n) is 3.05. The number of nitrogens with one attached hydrogen (secondary N) is 2. The van der Waals surface area contributed by atoms with Gasteiger partial charge in [0.25, 0.3) is 5.91 Å². The number of anilines is 2. The number of alkyl halides is 3. The first-order chi connectivity index (χ1) is 17.8. The van der Waals surface area contributed by atoms with Crippen molar-refractivity contribution in [3.05, 3.63) is 16.7 Å². The Hall–Kier alpha value is -3.59. The number of halogens is 3. The topological polar surface area (TPSA) is 219 Å². The quantitative estimate of drug-likeness (QED) is 0.197. The molecule has 2 aromatic rings. The molecule has 0 saturated carbocycles. The van der Waals surface area contributed by atoms with E-state index in [4.69, 9.17) is 15.6 Å². The molecule has 15 nitrogen and oxygen atoms in total. The molecule has 38 heavy (non-hydrogen) atoms. The summed E-state index contributed by atoms with van der Waals surface area (Å²) in [5.41, 5.74) is 6.10. The van der Waals surface area contributed by atoms with Gasteiger partial charge in [-0.25, -0.2) is 19.3 Å². The number of β-lactam (4-membered cyclic amide) rings is 1. The highest BCUT2D eigenvalue weighted by Gasteiger charge is 2.54. The number of nitrogens with zero attached hydrogens (tertiary/aromatic N) is 6. The monoisotopic (exact) mass is 597 g/mol. The van der Waals surface area contributed by atoms with Crippen molar-refractivity contribution in [2.75, 3.05) is 29.1 Å². The second kappa shape index (κ2) is 11.9. The van der Waals surface area contributed by atoms with E-state index in [0.717, 1.165) is 0 Å². The van der Waals surface area contributed by atoms with Crippen LogP contribution >= 0.6 is 34.9 Å². The first-order valence-corrected chi connectivity index (χ1v) is 13.0. The molecule has 0 radical (unpaired) electrons. The number of hydrogen-bond acceptors (Lipinski definition) is 13. The highest BCUT2D eigenvalue weighted by molar-refractivity contribution is 8.01. The molecule has 6 N–H and O–H groups in total. The molecule has 206 valence electrons. The number of thiazole rings is 1. The lowest BCUT2D eigenvalue weighted by atomic mass is 10.0. The van der Waals surface area contributed by atoms with Crippen LogP contribution < -0.4 is 16.4 Å². The lowest BCUT2D eigenvalue weighted by Crippen LogP contribution is -2.71. The normalized spacial score (nSPS) is 18.6. The van der Waals surface area contributed by atoms with Crippen molar-refractivity contribution in [2.24, 2.45) is 7.05 Å². The van der Waals surface area contributed by atoms with E-state index >= 15 is 0 Å². The Kier molecular flexibility index (Phi) is 9.04. The molecule has 1 saturated heterocycles. The van der Waals surface area contributed by atoms with E-state index in [9.17, 15) is 32.7 Å². The summed E-state index contributed by atoms with van der Waals surface area (Å²) < 4.78 is 33.2. The van der Waals surface area contributed by atoms with Crippen LogP contribution in [0.15, 0.2) is 21.8 Å². The Morgan fingerprint density at radius 2 is 2.00 bits per heavy atom. The van der Waals surface area contributed by atoms with Gasteiger partial charge in [0, 0.05) is 23.9 Å². The first kappa shape index (κ1) is 29.0. The third-order valence-corrected chi connectivity index (χ3v) is 7.83. The van der Waals surface area contributed by atoms with E-state index in [2.05, 4.69) is 31.1 Å². The number of hydrogen-bond donors (Lipinski definition) is 5. The summed E-state index contributed by atoms with van der Waals surface area (Å²) in [5.74, 6) is -3.58. The largest absolute Gasteiger partial charge is 0.490 e. The molecule has 0 spiro atoms. The Morgan fingerprint density at radius 1 is 1.32 bits per heavy atom. The smallest absolute Gasteiger partial charge is 0.477 e. The van der Waals surface area contributed by atoms with Gasteiger partial charge in [-0.3, -0.25) is 14.5 Å². The average molecular weight is 598 g/mol. The van der Waals surface area contributed by atoms with E-state index < -0.39 is 41.3 Å². The van der Waals surface area contributed by atoms with Crippen molar-refractivity contribution in [1.82, 2.24) is 35.4 Å². The number of tetrazole rings is 1. The number of nitrogen functional groups attached to an aromatic ring is 1. The predicted molar refractivity (Wildman–Crippen MR) is 128 cm³/mol. The second-order valence-electron chi connectivity index (χ2n) is 7.31. The molecule has 0 bridgehead atoms. The van der Waals surface area contributed by atoms with Crippen molar-refractivity contribution < 1.29 is 42.6 Å². The van der Waals surface area contributed by atoms with Gasteiger partial charge in [-0.05, 0) is 16.0 Å². The summed E-state index contributed by atoms with van der Waals surface area (Å²) in [4.78, 5) is 50.9. The van der Waals surface area contributed by atoms with Gasteiger partial charge >= 0.3 is 18.1 Å². The number of amides is 2. The Balaban J connectivity index is 0.000000505. The van der Waals surface area contributed by atoms with Crippen molar-refractivity contribution in [3.63, 3.8) is 0 Å². The fraction of sp³-hybridized carbons (Fsp3) is 0.412. The summed E-state index contributed by atoms with van der Waals surface area (Å²) in [6.07, 6.45) is -5.08. The van der Waals surface area contributed by atoms with Crippen LogP contribution in [0, 0.1) is 0 Å². The molecule has 2 aliphatic heterocycles. The minimum Gasteiger partial charge on any atom is -0.477 e. The maximum atomic E-state index is 12.7. The number of carboxylic acids is 2. The predicted octanol–water partition coefficient (Wildman–Crippen LogP) is -0.175. The average Bonchev–Trinajstić information content (AvgIpc) is 3.46. The molecule has 4 rings (SSSR count). The van der Waals surface area contributed by atoms with E-state index in [0.29, 0.717) is 33.2 Å². The van der Waals surface area contributed by atoms with Crippen molar-refractivity contribution in [1.29, 1.82) is 0 Å². The maximum Gasteiger partial charge on any atom is 0.490 e. The third-order valence-electron chi connectivity index (χ3n) is 4.72. The standard InChI is InChI=1S/C15H17N9O4S3.C2HF3O2/c1-23-15(20-21-22-23)31-4-6-3-29-12-9(11(26)24(12)10(6)13(27)28)19-8(25)2-17-7-5-30-14(16)18-7;3-2(4,5)1(6)7/h5,9,12,17H,2-4H2,1H3,(H2,16,18)(H,19,25)(H,27,28);(H,6,7)/t9-,12-;/m1./s1. The number of fused-ring (bicyclic) bond motifs is 1. The van der Waals surface area contributed by atoms with Crippen LogP contribution in [0.2, 0.25) is 0 Å². The Morgan fingerprint density at radius 3 is 2.53 bits per heavy atom. The molecule has 0 unspecified atom stereocenters. The highest BCUT2D eigenvalue weighted by Crippen LogP contribution is 2.41. The van der Waals surface area contributed by atoms with Gasteiger partial charge in [-0.1, -0.05) is 11.8 Å². The van der Waals surface area contributed by atoms with Crippen LogP contribution in [0.3, 0.4) is 0 Å². The van der Waals surface area contributed by atoms with E-state index in [1.165, 1.54) is 44.4 Å². The van der Waals surface area contributed by atoms with Crippen LogP contribution in [-0.2, 0) is 26.2 Å². The molecule has 4 heterocycles. The number of nitrogens with two attached hydrogens (primary N) is 1. The van der Waals surface area contributed by atoms with Gasteiger partial charge in [-0.15, -0.1) is 28.2 Å². The van der Waals surface area contributed by atoms with Gasteiger partial charge in [0.1, 0.15) is 22.9 Å². The molecular weight excluding hydrogens is 579 g/mol. The van der Waals surface area contributed by atoms with Crippen LogP contribution in [0.1, 0.15) is 0 Å². The number of carboxylic acid groups (broad SMARTS) is 2. The van der Waals surface area contributed by atoms with Crippen molar-refractivity contribution in [2.45, 2.75) is 22.7 Å². The number of carbonyl (C=O) groups is 4. The summed E-state index contributed by atoms with van der Waals surface area (Å²) in [7, 11) is 1.69. The van der Waals surface area contributed by atoms with Crippen LogP contribution in [0.25, 0.3) is 0 Å². The van der Waals surface area contributed by atoms with Gasteiger partial charge < -0.3 is 26.6 Å². The lowest BCUT2D eigenvalue weighted by Gasteiger charge is -2.49. The maximum absolute atomic E-state index is 12.7.